The summed E-state index contributed by atoms with van der Waals surface area (Å²) in [6.45, 7) is 11.9. The summed E-state index contributed by atoms with van der Waals surface area (Å²) in [5.41, 5.74) is 3.45. The molecule has 2 aliphatic heterocycles. The van der Waals surface area contributed by atoms with Crippen molar-refractivity contribution in [1.82, 2.24) is 4.90 Å². The number of hydrogen-bond acceptors (Lipinski definition) is 5. The Labute approximate surface area is 167 Å². The summed E-state index contributed by atoms with van der Waals surface area (Å²) in [6.07, 6.45) is 7.39. The van der Waals surface area contributed by atoms with Crippen molar-refractivity contribution in [2.45, 2.75) is 64.9 Å². The smallest absolute Gasteiger partial charge is 0.0980 e. The number of hydrogen-bond donors (Lipinski definition) is 2. The number of rotatable bonds is 3. The third-order valence-corrected chi connectivity index (χ3v) is 7.53. The minimum absolute atomic E-state index is 0.503. The summed E-state index contributed by atoms with van der Waals surface area (Å²) in [7, 11) is 0. The Morgan fingerprint density at radius 2 is 1.96 bits per heavy atom. The molecule has 0 radical (unpaired) electrons. The lowest BCUT2D eigenvalue weighted by atomic mass is 9.73. The zero-order valence-electron chi connectivity index (χ0n) is 17.1. The second-order valence-corrected chi connectivity index (χ2v) is 10.8. The van der Waals surface area contributed by atoms with Crippen molar-refractivity contribution in [3.05, 3.63) is 28.3 Å². The van der Waals surface area contributed by atoms with Crippen molar-refractivity contribution >= 4 is 22.0 Å². The molecule has 1 aromatic heterocycles. The van der Waals surface area contributed by atoms with Gasteiger partial charge in [0.2, 0.25) is 0 Å². The van der Waals surface area contributed by atoms with Crippen molar-refractivity contribution < 1.29 is 5.11 Å². The fourth-order valence-corrected chi connectivity index (χ4v) is 5.87. The van der Waals surface area contributed by atoms with Gasteiger partial charge in [-0.25, -0.2) is 0 Å². The van der Waals surface area contributed by atoms with Crippen LogP contribution < -0.4 is 5.32 Å². The first-order valence-electron chi connectivity index (χ1n) is 10.3. The monoisotopic (exact) mass is 387 g/mol. The second kappa shape index (κ2) is 7.02. The fraction of sp³-hybridized carbons (Fsp3) is 0.682. The molecule has 3 heterocycles. The Morgan fingerprint density at radius 1 is 1.26 bits per heavy atom. The molecule has 0 aromatic carbocycles. The number of aliphatic hydroxyl groups is 1. The predicted molar refractivity (Wildman–Crippen MR) is 115 cm³/mol. The lowest BCUT2D eigenvalue weighted by molar-refractivity contribution is -0.0758. The SMILES string of the molecule is CC1=CCNc2sc(C3CCC(C)(C)CC3)cc2C(CN2CC(C)(O)C2)=N1. The van der Waals surface area contributed by atoms with Gasteiger partial charge in [0, 0.05) is 42.3 Å². The van der Waals surface area contributed by atoms with Gasteiger partial charge in [0.05, 0.1) is 16.3 Å². The minimum Gasteiger partial charge on any atom is -0.388 e. The van der Waals surface area contributed by atoms with Crippen LogP contribution in [0, 0.1) is 5.41 Å². The van der Waals surface area contributed by atoms with E-state index in [4.69, 9.17) is 4.99 Å². The Kier molecular flexibility index (Phi) is 4.98. The fourth-order valence-electron chi connectivity index (χ4n) is 4.61. The van der Waals surface area contributed by atoms with Crippen LogP contribution >= 0.6 is 11.3 Å². The molecule has 0 amide bonds. The van der Waals surface area contributed by atoms with Crippen LogP contribution in [-0.2, 0) is 0 Å². The second-order valence-electron chi connectivity index (χ2n) is 9.76. The Hall–Kier alpha value is -1.17. The van der Waals surface area contributed by atoms with Crippen molar-refractivity contribution in [3.8, 4) is 0 Å². The van der Waals surface area contributed by atoms with Gasteiger partial charge in [-0.15, -0.1) is 11.3 Å². The number of β-amino-alcohol motifs (C(OH)–C–C–N with tert-alkyl or cyclic N) is 1. The molecule has 4 nitrogen and oxygen atoms in total. The highest BCUT2D eigenvalue weighted by Crippen LogP contribution is 2.46. The lowest BCUT2D eigenvalue weighted by Crippen LogP contribution is -2.60. The van der Waals surface area contributed by atoms with Gasteiger partial charge in [-0.2, -0.15) is 0 Å². The van der Waals surface area contributed by atoms with Gasteiger partial charge in [0.1, 0.15) is 0 Å². The van der Waals surface area contributed by atoms with Crippen LogP contribution in [-0.4, -0.2) is 47.5 Å². The Balaban J connectivity index is 1.57. The molecule has 0 atom stereocenters. The van der Waals surface area contributed by atoms with E-state index in [-0.39, 0.29) is 0 Å². The van der Waals surface area contributed by atoms with E-state index < -0.39 is 5.60 Å². The number of nitrogens with one attached hydrogen (secondary N) is 1. The number of likely N-dealkylation sites (tertiary alicyclic amines) is 1. The molecular formula is C22H33N3OS. The molecule has 1 aromatic rings. The number of fused-ring (bicyclic) bond motifs is 1. The van der Waals surface area contributed by atoms with Crippen molar-refractivity contribution in [1.29, 1.82) is 0 Å². The molecule has 2 fully saturated rings. The molecule has 1 saturated carbocycles. The molecule has 0 bridgehead atoms. The van der Waals surface area contributed by atoms with Crippen molar-refractivity contribution in [2.24, 2.45) is 10.4 Å². The van der Waals surface area contributed by atoms with Gasteiger partial charge in [0.15, 0.2) is 0 Å². The summed E-state index contributed by atoms with van der Waals surface area (Å²) in [5, 5.41) is 15.0. The van der Waals surface area contributed by atoms with Gasteiger partial charge < -0.3 is 10.4 Å². The Bertz CT molecular complexity index is 757. The highest BCUT2D eigenvalue weighted by atomic mass is 32.1. The number of anilines is 1. The average Bonchev–Trinajstić information content (AvgIpc) is 2.94. The van der Waals surface area contributed by atoms with Crippen LogP contribution in [0.5, 0.6) is 0 Å². The van der Waals surface area contributed by atoms with Gasteiger partial charge in [-0.3, -0.25) is 9.89 Å². The standard InChI is InChI=1S/C22H33N3OS/c1-15-7-10-23-20-17(18(24-15)12-25-13-22(4,26)14-25)11-19(27-20)16-5-8-21(2,3)9-6-16/h7,11,16,23,26H,5-6,8-10,12-14H2,1-4H3. The van der Waals surface area contributed by atoms with Crippen LogP contribution in [0.4, 0.5) is 5.00 Å². The number of allylic oxidation sites excluding steroid dienone is 1. The van der Waals surface area contributed by atoms with E-state index in [9.17, 15) is 5.11 Å². The van der Waals surface area contributed by atoms with E-state index in [2.05, 4.69) is 43.1 Å². The summed E-state index contributed by atoms with van der Waals surface area (Å²) in [4.78, 5) is 8.76. The van der Waals surface area contributed by atoms with E-state index in [1.165, 1.54) is 41.1 Å². The lowest BCUT2D eigenvalue weighted by Gasteiger charge is -2.44. The summed E-state index contributed by atoms with van der Waals surface area (Å²) in [5.74, 6) is 0.693. The highest BCUT2D eigenvalue weighted by molar-refractivity contribution is 7.16. The molecule has 1 aliphatic carbocycles. The summed E-state index contributed by atoms with van der Waals surface area (Å²) in [6, 6.07) is 2.41. The molecule has 0 unspecified atom stereocenters. The van der Waals surface area contributed by atoms with Crippen LogP contribution in [0.2, 0.25) is 0 Å². The largest absolute Gasteiger partial charge is 0.388 e. The molecule has 2 N–H and O–H groups in total. The third-order valence-electron chi connectivity index (χ3n) is 6.28. The van der Waals surface area contributed by atoms with Gasteiger partial charge in [-0.1, -0.05) is 13.8 Å². The third kappa shape index (κ3) is 4.30. The topological polar surface area (TPSA) is 47.9 Å². The molecule has 148 valence electrons. The van der Waals surface area contributed by atoms with Crippen molar-refractivity contribution in [3.63, 3.8) is 0 Å². The van der Waals surface area contributed by atoms with Crippen molar-refractivity contribution in [2.75, 3.05) is 31.5 Å². The first-order chi connectivity index (χ1) is 12.7. The van der Waals surface area contributed by atoms with E-state index in [0.717, 1.165) is 37.6 Å². The zero-order valence-corrected chi connectivity index (χ0v) is 18.0. The number of thiophene rings is 1. The zero-order chi connectivity index (χ0) is 19.2. The normalized spacial score (nSPS) is 25.4. The highest BCUT2D eigenvalue weighted by Gasteiger charge is 2.37. The van der Waals surface area contributed by atoms with Gasteiger partial charge in [0.25, 0.3) is 0 Å². The van der Waals surface area contributed by atoms with Crippen LogP contribution in [0.1, 0.15) is 69.7 Å². The quantitative estimate of drug-likeness (QED) is 0.796. The van der Waals surface area contributed by atoms with Gasteiger partial charge in [-0.05, 0) is 63.0 Å². The van der Waals surface area contributed by atoms with Crippen LogP contribution in [0.3, 0.4) is 0 Å². The first kappa shape index (κ1) is 19.2. The predicted octanol–water partition coefficient (Wildman–Crippen LogP) is 4.62. The van der Waals surface area contributed by atoms with Gasteiger partial charge >= 0.3 is 0 Å². The molecule has 0 spiro atoms. The van der Waals surface area contributed by atoms with E-state index in [1.54, 1.807) is 0 Å². The summed E-state index contributed by atoms with van der Waals surface area (Å²) < 4.78 is 0. The average molecular weight is 388 g/mol. The van der Waals surface area contributed by atoms with Crippen LogP contribution in [0.25, 0.3) is 0 Å². The van der Waals surface area contributed by atoms with Crippen LogP contribution in [0.15, 0.2) is 22.8 Å². The van der Waals surface area contributed by atoms with E-state index in [0.29, 0.717) is 11.3 Å². The Morgan fingerprint density at radius 3 is 2.63 bits per heavy atom. The molecule has 4 rings (SSSR count). The van der Waals surface area contributed by atoms with E-state index >= 15 is 0 Å². The molecular weight excluding hydrogens is 354 g/mol. The summed E-state index contributed by atoms with van der Waals surface area (Å²) >= 11 is 1.93. The minimum atomic E-state index is -0.539. The molecule has 27 heavy (non-hydrogen) atoms. The maximum atomic E-state index is 10.1. The molecule has 5 heteroatoms. The first-order valence-corrected chi connectivity index (χ1v) is 11.1. The maximum absolute atomic E-state index is 10.1. The number of aliphatic imine (C=N–C) groups is 1. The maximum Gasteiger partial charge on any atom is 0.0980 e. The number of nitrogens with zero attached hydrogens (tertiary/aromatic N) is 2. The molecule has 1 saturated heterocycles. The molecule has 3 aliphatic rings. The van der Waals surface area contributed by atoms with E-state index in [1.807, 2.05) is 18.3 Å².